The van der Waals surface area contributed by atoms with Crippen LogP contribution in [0.3, 0.4) is 0 Å². The van der Waals surface area contributed by atoms with E-state index in [9.17, 15) is 0 Å². The van der Waals surface area contributed by atoms with Gasteiger partial charge in [0.25, 0.3) is 0 Å². The van der Waals surface area contributed by atoms with Crippen molar-refractivity contribution in [2.75, 3.05) is 6.54 Å². The highest BCUT2D eigenvalue weighted by molar-refractivity contribution is 14.0. The normalized spacial score (nSPS) is 20.9. The molecule has 3 nitrogen and oxygen atoms in total. The lowest BCUT2D eigenvalue weighted by molar-refractivity contribution is 0.620. The molecule has 0 aromatic heterocycles. The van der Waals surface area contributed by atoms with Crippen molar-refractivity contribution in [3.05, 3.63) is 34.9 Å². The summed E-state index contributed by atoms with van der Waals surface area (Å²) in [5.41, 5.74) is 7.36. The number of benzene rings is 1. The van der Waals surface area contributed by atoms with E-state index < -0.39 is 0 Å². The number of aliphatic imine (C=N–C) groups is 1. The van der Waals surface area contributed by atoms with Gasteiger partial charge in [0.2, 0.25) is 0 Å². The van der Waals surface area contributed by atoms with Crippen molar-refractivity contribution in [3.8, 4) is 0 Å². The van der Waals surface area contributed by atoms with E-state index in [2.05, 4.69) is 16.4 Å². The van der Waals surface area contributed by atoms with Crippen LogP contribution in [-0.4, -0.2) is 18.5 Å². The van der Waals surface area contributed by atoms with E-state index in [0.717, 1.165) is 24.4 Å². The number of hydrogen-bond donors (Lipinski definition) is 2. The second kappa shape index (κ2) is 7.18. The van der Waals surface area contributed by atoms with Crippen LogP contribution >= 0.6 is 35.6 Å². The van der Waals surface area contributed by atoms with Crippen molar-refractivity contribution in [1.29, 1.82) is 0 Å². The monoisotopic (exact) mass is 419 g/mol. The smallest absolute Gasteiger partial charge is 0.188 e. The Labute approximate surface area is 148 Å². The maximum Gasteiger partial charge on any atom is 0.188 e. The van der Waals surface area contributed by atoms with Gasteiger partial charge in [0, 0.05) is 16.5 Å². The van der Waals surface area contributed by atoms with Crippen LogP contribution in [0.25, 0.3) is 0 Å². The van der Waals surface area contributed by atoms with E-state index in [0.29, 0.717) is 12.0 Å². The fourth-order valence-electron chi connectivity index (χ4n) is 3.12. The Morgan fingerprint density at radius 2 is 1.95 bits per heavy atom. The SMILES string of the molecule is I.NC(=NCC1(c2ccccc2Cl)CC1)NC1CCCC1. The van der Waals surface area contributed by atoms with Crippen molar-refractivity contribution < 1.29 is 0 Å². The molecule has 0 spiro atoms. The lowest BCUT2D eigenvalue weighted by Gasteiger charge is -2.17. The summed E-state index contributed by atoms with van der Waals surface area (Å²) >= 11 is 6.31. The summed E-state index contributed by atoms with van der Waals surface area (Å²) in [6.07, 6.45) is 7.33. The third kappa shape index (κ3) is 4.03. The molecule has 0 radical (unpaired) electrons. The Kier molecular flexibility index (Phi) is 5.77. The number of guanidine groups is 1. The maximum absolute atomic E-state index is 6.31. The van der Waals surface area contributed by atoms with E-state index >= 15 is 0 Å². The van der Waals surface area contributed by atoms with Gasteiger partial charge in [0.1, 0.15) is 0 Å². The third-order valence-corrected chi connectivity index (χ3v) is 4.89. The van der Waals surface area contributed by atoms with Gasteiger partial charge in [0.15, 0.2) is 5.96 Å². The van der Waals surface area contributed by atoms with Crippen LogP contribution in [0, 0.1) is 0 Å². The van der Waals surface area contributed by atoms with Gasteiger partial charge in [-0.05, 0) is 37.3 Å². The van der Waals surface area contributed by atoms with E-state index in [4.69, 9.17) is 17.3 Å². The molecule has 0 unspecified atom stereocenters. The molecule has 0 bridgehead atoms. The fourth-order valence-corrected chi connectivity index (χ4v) is 3.45. The van der Waals surface area contributed by atoms with Gasteiger partial charge in [-0.25, -0.2) is 0 Å². The molecule has 0 atom stereocenters. The summed E-state index contributed by atoms with van der Waals surface area (Å²) < 4.78 is 0. The minimum atomic E-state index is 0. The molecule has 1 aromatic rings. The summed E-state index contributed by atoms with van der Waals surface area (Å²) in [6, 6.07) is 8.62. The Hall–Kier alpha value is -0.490. The van der Waals surface area contributed by atoms with Crippen LogP contribution in [0.15, 0.2) is 29.3 Å². The zero-order chi connectivity index (χ0) is 14.0. The first-order chi connectivity index (χ1) is 9.70. The highest BCUT2D eigenvalue weighted by atomic mass is 127. The topological polar surface area (TPSA) is 50.4 Å². The second-order valence-corrected chi connectivity index (χ2v) is 6.49. The second-order valence-electron chi connectivity index (χ2n) is 6.09. The number of nitrogens with zero attached hydrogens (tertiary/aromatic N) is 1. The first-order valence-electron chi connectivity index (χ1n) is 7.51. The Balaban J connectivity index is 0.00000161. The van der Waals surface area contributed by atoms with Crippen molar-refractivity contribution in [2.24, 2.45) is 10.7 Å². The average molecular weight is 420 g/mol. The molecule has 5 heteroatoms. The summed E-state index contributed by atoms with van der Waals surface area (Å²) in [6.45, 7) is 0.738. The number of hydrogen-bond acceptors (Lipinski definition) is 1. The van der Waals surface area contributed by atoms with Crippen molar-refractivity contribution >= 4 is 41.5 Å². The Bertz CT molecular complexity index is 508. The summed E-state index contributed by atoms with van der Waals surface area (Å²) in [5, 5.41) is 4.19. The molecule has 116 valence electrons. The molecular formula is C16H23ClIN3. The lowest BCUT2D eigenvalue weighted by Crippen LogP contribution is -2.39. The van der Waals surface area contributed by atoms with E-state index in [-0.39, 0.29) is 29.4 Å². The van der Waals surface area contributed by atoms with Crippen LogP contribution in [-0.2, 0) is 5.41 Å². The van der Waals surface area contributed by atoms with Crippen LogP contribution in [0.2, 0.25) is 5.02 Å². The van der Waals surface area contributed by atoms with E-state index in [1.54, 1.807) is 0 Å². The molecule has 3 rings (SSSR count). The number of rotatable bonds is 4. The van der Waals surface area contributed by atoms with Crippen molar-refractivity contribution in [3.63, 3.8) is 0 Å². The molecule has 0 saturated heterocycles. The van der Waals surface area contributed by atoms with Crippen LogP contribution in [0.4, 0.5) is 0 Å². The zero-order valence-electron chi connectivity index (χ0n) is 12.1. The first-order valence-corrected chi connectivity index (χ1v) is 7.89. The fraction of sp³-hybridized carbons (Fsp3) is 0.562. The number of nitrogens with two attached hydrogens (primary N) is 1. The number of nitrogens with one attached hydrogen (secondary N) is 1. The molecule has 2 fully saturated rings. The van der Waals surface area contributed by atoms with Crippen molar-refractivity contribution in [1.82, 2.24) is 5.32 Å². The molecule has 21 heavy (non-hydrogen) atoms. The zero-order valence-corrected chi connectivity index (χ0v) is 15.2. The van der Waals surface area contributed by atoms with Gasteiger partial charge in [-0.2, -0.15) is 0 Å². The van der Waals surface area contributed by atoms with Gasteiger partial charge in [-0.1, -0.05) is 42.6 Å². The quantitative estimate of drug-likeness (QED) is 0.443. The largest absolute Gasteiger partial charge is 0.370 e. The molecule has 1 aromatic carbocycles. The molecule has 0 amide bonds. The molecule has 2 aliphatic rings. The summed E-state index contributed by atoms with van der Waals surface area (Å²) in [7, 11) is 0. The molecule has 0 aliphatic heterocycles. The van der Waals surface area contributed by atoms with Crippen LogP contribution < -0.4 is 11.1 Å². The Morgan fingerprint density at radius 3 is 2.57 bits per heavy atom. The van der Waals surface area contributed by atoms with Crippen LogP contribution in [0.1, 0.15) is 44.1 Å². The third-order valence-electron chi connectivity index (χ3n) is 4.56. The van der Waals surface area contributed by atoms with Crippen LogP contribution in [0.5, 0.6) is 0 Å². The standard InChI is InChI=1S/C16H22ClN3.HI/c17-14-8-4-3-7-13(14)16(9-10-16)11-19-15(18)20-12-5-1-2-6-12;/h3-4,7-8,12H,1-2,5-6,9-11H2,(H3,18,19,20);1H. The Morgan fingerprint density at radius 1 is 1.29 bits per heavy atom. The molecule has 2 aliphatic carbocycles. The highest BCUT2D eigenvalue weighted by Crippen LogP contribution is 2.50. The van der Waals surface area contributed by atoms with Gasteiger partial charge in [-0.15, -0.1) is 24.0 Å². The molecule has 0 heterocycles. The van der Waals surface area contributed by atoms with E-state index in [1.807, 2.05) is 18.2 Å². The maximum atomic E-state index is 6.31. The summed E-state index contributed by atoms with van der Waals surface area (Å²) in [4.78, 5) is 4.56. The minimum absolute atomic E-state index is 0. The predicted octanol–water partition coefficient (Wildman–Crippen LogP) is 3.84. The van der Waals surface area contributed by atoms with Gasteiger partial charge < -0.3 is 11.1 Å². The van der Waals surface area contributed by atoms with Gasteiger partial charge in [0.05, 0.1) is 6.54 Å². The molecule has 3 N–H and O–H groups in total. The number of halogens is 2. The first kappa shape index (κ1) is 16.9. The average Bonchev–Trinajstić information content (AvgIpc) is 3.06. The highest BCUT2D eigenvalue weighted by Gasteiger charge is 2.45. The minimum Gasteiger partial charge on any atom is -0.370 e. The lowest BCUT2D eigenvalue weighted by atomic mass is 9.96. The van der Waals surface area contributed by atoms with Gasteiger partial charge in [-0.3, -0.25) is 4.99 Å². The van der Waals surface area contributed by atoms with Crippen molar-refractivity contribution in [2.45, 2.75) is 50.0 Å². The molecule has 2 saturated carbocycles. The van der Waals surface area contributed by atoms with E-state index in [1.165, 1.54) is 31.2 Å². The summed E-state index contributed by atoms with van der Waals surface area (Å²) in [5.74, 6) is 0.593. The predicted molar refractivity (Wildman–Crippen MR) is 99.7 cm³/mol. The van der Waals surface area contributed by atoms with Gasteiger partial charge >= 0.3 is 0 Å². The molecular weight excluding hydrogens is 397 g/mol.